The number of carbonyl (C=O) groups excluding carboxylic acids is 1. The zero-order valence-electron chi connectivity index (χ0n) is 17.8. The Balaban J connectivity index is 1.27. The Morgan fingerprint density at radius 2 is 1.94 bits per heavy atom. The lowest BCUT2D eigenvalue weighted by molar-refractivity contribution is 0.100. The number of anilines is 1. The molecule has 3 aromatic heterocycles. The van der Waals surface area contributed by atoms with Crippen molar-refractivity contribution in [3.05, 3.63) is 46.7 Å². The number of pyridine rings is 1. The van der Waals surface area contributed by atoms with Crippen molar-refractivity contribution in [1.29, 1.82) is 0 Å². The van der Waals surface area contributed by atoms with Gasteiger partial charge in [-0.3, -0.25) is 9.69 Å². The molecule has 2 aliphatic heterocycles. The fraction of sp³-hybridized carbons (Fsp3) is 0.478. The number of amides is 1. The van der Waals surface area contributed by atoms with Crippen LogP contribution in [0.25, 0.3) is 10.2 Å². The molecule has 8 heteroatoms. The molecule has 0 unspecified atom stereocenters. The highest BCUT2D eigenvalue weighted by Gasteiger charge is 2.30. The summed E-state index contributed by atoms with van der Waals surface area (Å²) in [6, 6.07) is 3.98. The highest BCUT2D eigenvalue weighted by Crippen LogP contribution is 2.39. The van der Waals surface area contributed by atoms with E-state index in [1.54, 1.807) is 6.20 Å². The van der Waals surface area contributed by atoms with E-state index in [1.807, 2.05) is 18.5 Å². The Morgan fingerprint density at radius 1 is 1.16 bits per heavy atom. The van der Waals surface area contributed by atoms with Crippen LogP contribution in [0, 0.1) is 5.92 Å². The average molecular weight is 437 g/mol. The molecule has 2 fully saturated rings. The van der Waals surface area contributed by atoms with Gasteiger partial charge in [0.05, 0.1) is 4.88 Å². The Bertz CT molecular complexity index is 1070. The molecule has 2 N–H and O–H groups in total. The van der Waals surface area contributed by atoms with Crippen molar-refractivity contribution >= 4 is 33.4 Å². The van der Waals surface area contributed by atoms with Crippen molar-refractivity contribution in [2.45, 2.75) is 38.6 Å². The summed E-state index contributed by atoms with van der Waals surface area (Å²) >= 11 is 1.41. The smallest absolute Gasteiger partial charge is 0.259 e. The van der Waals surface area contributed by atoms with Gasteiger partial charge in [-0.15, -0.1) is 11.3 Å². The number of rotatable bonds is 5. The summed E-state index contributed by atoms with van der Waals surface area (Å²) in [5, 5.41) is 1.07. The van der Waals surface area contributed by atoms with E-state index >= 15 is 0 Å². The molecule has 1 amide bonds. The van der Waals surface area contributed by atoms with Crippen LogP contribution in [0.3, 0.4) is 0 Å². The zero-order valence-corrected chi connectivity index (χ0v) is 18.6. The van der Waals surface area contributed by atoms with Gasteiger partial charge in [-0.2, -0.15) is 0 Å². The number of primary amides is 1. The number of piperidine rings is 1. The number of fused-ring (bicyclic) bond motifs is 1. The first-order valence-electron chi connectivity index (χ1n) is 11.0. The predicted octanol–water partition coefficient (Wildman–Crippen LogP) is 3.41. The summed E-state index contributed by atoms with van der Waals surface area (Å²) in [7, 11) is 0. The summed E-state index contributed by atoms with van der Waals surface area (Å²) in [5.74, 6) is 1.58. The van der Waals surface area contributed by atoms with Crippen molar-refractivity contribution in [2.24, 2.45) is 11.7 Å². The van der Waals surface area contributed by atoms with Crippen LogP contribution in [-0.2, 0) is 6.54 Å². The molecule has 2 saturated heterocycles. The molecule has 3 aromatic rings. The molecule has 0 aromatic carbocycles. The normalized spacial score (nSPS) is 20.5. The van der Waals surface area contributed by atoms with Crippen molar-refractivity contribution in [3.8, 4) is 0 Å². The first kappa shape index (κ1) is 20.3. The van der Waals surface area contributed by atoms with Gasteiger partial charge in [-0.1, -0.05) is 13.0 Å². The Kier molecular flexibility index (Phi) is 5.58. The number of nitrogens with two attached hydrogens (primary N) is 1. The average Bonchev–Trinajstić information content (AvgIpc) is 3.39. The van der Waals surface area contributed by atoms with E-state index in [0.717, 1.165) is 72.4 Å². The molecular weight excluding hydrogens is 408 g/mol. The third-order valence-corrected chi connectivity index (χ3v) is 7.72. The van der Waals surface area contributed by atoms with Gasteiger partial charge in [0.1, 0.15) is 4.83 Å². The SMILES string of the molecule is CC1CCN(c2ncc(CN3CC[C@H](c4c(C(N)=O)sc5ncccc45)C3)cn2)CC1. The summed E-state index contributed by atoms with van der Waals surface area (Å²) in [6.45, 7) is 7.09. The third-order valence-electron chi connectivity index (χ3n) is 6.57. The first-order chi connectivity index (χ1) is 15.1. The molecule has 1 atom stereocenters. The van der Waals surface area contributed by atoms with Gasteiger partial charge in [-0.05, 0) is 43.4 Å². The number of hydrogen-bond acceptors (Lipinski definition) is 7. The van der Waals surface area contributed by atoms with Crippen LogP contribution in [-0.4, -0.2) is 51.9 Å². The second-order valence-electron chi connectivity index (χ2n) is 8.85. The largest absolute Gasteiger partial charge is 0.365 e. The Morgan fingerprint density at radius 3 is 2.68 bits per heavy atom. The van der Waals surface area contributed by atoms with Crippen molar-refractivity contribution in [1.82, 2.24) is 19.9 Å². The van der Waals surface area contributed by atoms with Gasteiger partial charge in [0.2, 0.25) is 5.95 Å². The van der Waals surface area contributed by atoms with Crippen LogP contribution in [0.1, 0.15) is 52.9 Å². The van der Waals surface area contributed by atoms with Gasteiger partial charge >= 0.3 is 0 Å². The van der Waals surface area contributed by atoms with Crippen molar-refractivity contribution in [2.75, 3.05) is 31.1 Å². The third kappa shape index (κ3) is 4.14. The first-order valence-corrected chi connectivity index (χ1v) is 11.9. The fourth-order valence-corrected chi connectivity index (χ4v) is 5.89. The molecule has 0 spiro atoms. The van der Waals surface area contributed by atoms with Gasteiger partial charge in [0.15, 0.2) is 0 Å². The van der Waals surface area contributed by atoms with E-state index in [-0.39, 0.29) is 11.8 Å². The quantitative estimate of drug-likeness (QED) is 0.659. The van der Waals surface area contributed by atoms with E-state index in [4.69, 9.17) is 5.73 Å². The number of thiophene rings is 1. The van der Waals surface area contributed by atoms with Crippen molar-refractivity contribution in [3.63, 3.8) is 0 Å². The molecular formula is C23H28N6OS. The molecule has 0 bridgehead atoms. The van der Waals surface area contributed by atoms with E-state index in [9.17, 15) is 4.79 Å². The molecule has 0 aliphatic carbocycles. The predicted molar refractivity (Wildman–Crippen MR) is 123 cm³/mol. The van der Waals surface area contributed by atoms with E-state index in [0.29, 0.717) is 4.88 Å². The van der Waals surface area contributed by atoms with Crippen LogP contribution < -0.4 is 10.6 Å². The molecule has 7 nitrogen and oxygen atoms in total. The van der Waals surface area contributed by atoms with Crippen LogP contribution in [0.5, 0.6) is 0 Å². The maximum absolute atomic E-state index is 12.1. The number of likely N-dealkylation sites (tertiary alicyclic amines) is 1. The van der Waals surface area contributed by atoms with Gasteiger partial charge in [-0.25, -0.2) is 15.0 Å². The van der Waals surface area contributed by atoms with Crippen LogP contribution >= 0.6 is 11.3 Å². The van der Waals surface area contributed by atoms with Crippen molar-refractivity contribution < 1.29 is 4.79 Å². The molecule has 2 aliphatic rings. The monoisotopic (exact) mass is 436 g/mol. The van der Waals surface area contributed by atoms with E-state index in [2.05, 4.69) is 37.7 Å². The number of hydrogen-bond donors (Lipinski definition) is 1. The minimum absolute atomic E-state index is 0.288. The molecule has 0 saturated carbocycles. The highest BCUT2D eigenvalue weighted by molar-refractivity contribution is 7.20. The summed E-state index contributed by atoms with van der Waals surface area (Å²) in [6.07, 6.45) is 9.12. The zero-order chi connectivity index (χ0) is 21.4. The second kappa shape index (κ2) is 8.51. The van der Waals surface area contributed by atoms with Crippen LogP contribution in [0.2, 0.25) is 0 Å². The highest BCUT2D eigenvalue weighted by atomic mass is 32.1. The maximum atomic E-state index is 12.1. The van der Waals surface area contributed by atoms with Gasteiger partial charge in [0, 0.05) is 61.6 Å². The van der Waals surface area contributed by atoms with Crippen LogP contribution in [0.4, 0.5) is 5.95 Å². The minimum atomic E-state index is -0.354. The molecule has 5 rings (SSSR count). The standard InChI is InChI=1S/C23H28N6OS/c1-15-4-9-29(10-5-15)23-26-11-16(12-27-23)13-28-8-6-17(14-28)19-18-3-2-7-25-22(18)31-20(19)21(24)30/h2-3,7,11-12,15,17H,4-6,8-10,13-14H2,1H3,(H2,24,30)/t17-/m0/s1. The Labute approximate surface area is 186 Å². The maximum Gasteiger partial charge on any atom is 0.259 e. The molecule has 31 heavy (non-hydrogen) atoms. The lowest BCUT2D eigenvalue weighted by atomic mass is 9.95. The Hall–Kier alpha value is -2.58. The lowest BCUT2D eigenvalue weighted by Gasteiger charge is -2.30. The summed E-state index contributed by atoms with van der Waals surface area (Å²) in [4.78, 5) is 32.0. The molecule has 162 valence electrons. The van der Waals surface area contributed by atoms with E-state index < -0.39 is 0 Å². The fourth-order valence-electron chi connectivity index (χ4n) is 4.81. The summed E-state index contributed by atoms with van der Waals surface area (Å²) in [5.41, 5.74) is 7.90. The number of nitrogens with zero attached hydrogens (tertiary/aromatic N) is 5. The molecule has 5 heterocycles. The lowest BCUT2D eigenvalue weighted by Crippen LogP contribution is -2.34. The second-order valence-corrected chi connectivity index (χ2v) is 9.85. The van der Waals surface area contributed by atoms with Crippen LogP contribution in [0.15, 0.2) is 30.7 Å². The number of carbonyl (C=O) groups is 1. The van der Waals surface area contributed by atoms with E-state index in [1.165, 1.54) is 24.2 Å². The van der Waals surface area contributed by atoms with Gasteiger partial charge < -0.3 is 10.6 Å². The topological polar surface area (TPSA) is 88.2 Å². The minimum Gasteiger partial charge on any atom is -0.365 e. The molecule has 0 radical (unpaired) electrons. The number of aromatic nitrogens is 3. The van der Waals surface area contributed by atoms with Gasteiger partial charge in [0.25, 0.3) is 5.91 Å². The summed E-state index contributed by atoms with van der Waals surface area (Å²) < 4.78 is 0.